The minimum absolute atomic E-state index is 0.224. The fourth-order valence-corrected chi connectivity index (χ4v) is 0.879. The average Bonchev–Trinajstić information content (AvgIpc) is 2.27. The summed E-state index contributed by atoms with van der Waals surface area (Å²) in [4.78, 5) is 7.55. The highest BCUT2D eigenvalue weighted by atomic mass is 16.3. The Balaban J connectivity index is 2.78. The van der Waals surface area contributed by atoms with Crippen LogP contribution in [0.2, 0.25) is 0 Å². The van der Waals surface area contributed by atoms with Crippen LogP contribution >= 0.6 is 0 Å². The van der Waals surface area contributed by atoms with Crippen LogP contribution in [-0.2, 0) is 0 Å². The monoisotopic (exact) mass is 200 g/mol. The molecule has 0 saturated carbocycles. The Morgan fingerprint density at radius 2 is 1.29 bits per heavy atom. The van der Waals surface area contributed by atoms with Crippen molar-refractivity contribution >= 4 is 0 Å². The lowest BCUT2D eigenvalue weighted by Gasteiger charge is -2.08. The summed E-state index contributed by atoms with van der Waals surface area (Å²) in [6.45, 7) is -0.868. The molecule has 0 radical (unpaired) electrons. The van der Waals surface area contributed by atoms with Crippen molar-refractivity contribution in [1.82, 2.24) is 9.97 Å². The lowest BCUT2D eigenvalue weighted by molar-refractivity contribution is 0.0874. The third kappa shape index (κ3) is 2.46. The standard InChI is InChI=1S/C8H12N2O4/c11-3-7(13)5-1-9-6(2-10-5)8(14)4-12/h1-2,7-8,11-14H,3-4H2. The molecule has 1 rings (SSSR count). The predicted octanol–water partition coefficient (Wildman–Crippen LogP) is -1.47. The van der Waals surface area contributed by atoms with Crippen molar-refractivity contribution in [2.45, 2.75) is 12.2 Å². The van der Waals surface area contributed by atoms with Gasteiger partial charge < -0.3 is 20.4 Å². The van der Waals surface area contributed by atoms with E-state index in [0.29, 0.717) is 0 Å². The molecular weight excluding hydrogens is 188 g/mol. The lowest BCUT2D eigenvalue weighted by Crippen LogP contribution is -2.09. The van der Waals surface area contributed by atoms with Crippen molar-refractivity contribution in [3.63, 3.8) is 0 Å². The second-order valence-corrected chi connectivity index (χ2v) is 2.76. The molecule has 4 N–H and O–H groups in total. The van der Waals surface area contributed by atoms with Crippen molar-refractivity contribution in [3.05, 3.63) is 23.8 Å². The fraction of sp³-hybridized carbons (Fsp3) is 0.500. The van der Waals surface area contributed by atoms with Crippen LogP contribution in [0.4, 0.5) is 0 Å². The van der Waals surface area contributed by atoms with Crippen LogP contribution in [0, 0.1) is 0 Å². The third-order valence-corrected chi connectivity index (χ3v) is 1.72. The Labute approximate surface area is 80.5 Å². The van der Waals surface area contributed by atoms with Gasteiger partial charge in [0.05, 0.1) is 37.0 Å². The summed E-state index contributed by atoms with van der Waals surface area (Å²) in [7, 11) is 0. The molecule has 0 saturated heterocycles. The van der Waals surface area contributed by atoms with E-state index in [1.807, 2.05) is 0 Å². The number of rotatable bonds is 4. The van der Waals surface area contributed by atoms with E-state index in [0.717, 1.165) is 0 Å². The molecule has 78 valence electrons. The fourth-order valence-electron chi connectivity index (χ4n) is 0.879. The van der Waals surface area contributed by atoms with E-state index < -0.39 is 25.4 Å². The number of aliphatic hydroxyl groups excluding tert-OH is 4. The molecule has 2 atom stereocenters. The molecular formula is C8H12N2O4. The van der Waals surface area contributed by atoms with E-state index in [4.69, 9.17) is 20.4 Å². The topological polar surface area (TPSA) is 107 Å². The molecule has 0 spiro atoms. The van der Waals surface area contributed by atoms with E-state index in [1.165, 1.54) is 12.4 Å². The van der Waals surface area contributed by atoms with Crippen LogP contribution in [0.3, 0.4) is 0 Å². The van der Waals surface area contributed by atoms with Gasteiger partial charge in [-0.2, -0.15) is 0 Å². The second kappa shape index (κ2) is 4.97. The van der Waals surface area contributed by atoms with Gasteiger partial charge in [0, 0.05) is 0 Å². The minimum Gasteiger partial charge on any atom is -0.393 e. The van der Waals surface area contributed by atoms with Crippen molar-refractivity contribution in [2.75, 3.05) is 13.2 Å². The van der Waals surface area contributed by atoms with Gasteiger partial charge in [-0.1, -0.05) is 0 Å². The van der Waals surface area contributed by atoms with Crippen LogP contribution in [0.5, 0.6) is 0 Å². The molecule has 6 heteroatoms. The Bertz CT molecular complexity index is 248. The lowest BCUT2D eigenvalue weighted by atomic mass is 10.2. The quantitative estimate of drug-likeness (QED) is 0.472. The van der Waals surface area contributed by atoms with Crippen molar-refractivity contribution in [3.8, 4) is 0 Å². The summed E-state index contributed by atoms with van der Waals surface area (Å²) < 4.78 is 0. The predicted molar refractivity (Wildman–Crippen MR) is 46.1 cm³/mol. The molecule has 14 heavy (non-hydrogen) atoms. The van der Waals surface area contributed by atoms with E-state index >= 15 is 0 Å². The van der Waals surface area contributed by atoms with Crippen LogP contribution < -0.4 is 0 Å². The molecule has 2 unspecified atom stereocenters. The molecule has 0 aromatic carbocycles. The highest BCUT2D eigenvalue weighted by molar-refractivity contribution is 5.07. The third-order valence-electron chi connectivity index (χ3n) is 1.72. The van der Waals surface area contributed by atoms with E-state index in [2.05, 4.69) is 9.97 Å². The highest BCUT2D eigenvalue weighted by Crippen LogP contribution is 2.11. The van der Waals surface area contributed by atoms with Crippen LogP contribution in [0.25, 0.3) is 0 Å². The Kier molecular flexibility index (Phi) is 3.90. The van der Waals surface area contributed by atoms with Gasteiger partial charge >= 0.3 is 0 Å². The summed E-state index contributed by atoms with van der Waals surface area (Å²) in [5, 5.41) is 35.5. The minimum atomic E-state index is -1.07. The van der Waals surface area contributed by atoms with E-state index in [9.17, 15) is 0 Å². The first-order chi connectivity index (χ1) is 6.69. The second-order valence-electron chi connectivity index (χ2n) is 2.76. The Morgan fingerprint density at radius 1 is 0.929 bits per heavy atom. The summed E-state index contributed by atoms with van der Waals surface area (Å²) in [5.41, 5.74) is 0.447. The SMILES string of the molecule is OCC(O)c1cnc(C(O)CO)cn1. The first-order valence-corrected chi connectivity index (χ1v) is 4.08. The molecule has 0 bridgehead atoms. The molecule has 1 heterocycles. The van der Waals surface area contributed by atoms with Gasteiger partial charge in [-0.3, -0.25) is 9.97 Å². The molecule has 1 aromatic heterocycles. The van der Waals surface area contributed by atoms with Gasteiger partial charge in [-0.05, 0) is 0 Å². The molecule has 1 aromatic rings. The summed E-state index contributed by atoms with van der Waals surface area (Å²) in [5.74, 6) is 0. The molecule has 0 aliphatic heterocycles. The van der Waals surface area contributed by atoms with Gasteiger partial charge in [-0.15, -0.1) is 0 Å². The average molecular weight is 200 g/mol. The van der Waals surface area contributed by atoms with E-state index in [-0.39, 0.29) is 11.4 Å². The number of aliphatic hydroxyl groups is 4. The Hall–Kier alpha value is -1.08. The molecule has 0 fully saturated rings. The van der Waals surface area contributed by atoms with E-state index in [1.54, 1.807) is 0 Å². The molecule has 0 aliphatic carbocycles. The zero-order valence-corrected chi connectivity index (χ0v) is 7.41. The number of nitrogens with zero attached hydrogens (tertiary/aromatic N) is 2. The van der Waals surface area contributed by atoms with Crippen LogP contribution in [-0.4, -0.2) is 43.6 Å². The smallest absolute Gasteiger partial charge is 0.120 e. The van der Waals surface area contributed by atoms with Gasteiger partial charge in [0.1, 0.15) is 12.2 Å². The van der Waals surface area contributed by atoms with Gasteiger partial charge in [0.15, 0.2) is 0 Å². The zero-order valence-electron chi connectivity index (χ0n) is 7.41. The van der Waals surface area contributed by atoms with Gasteiger partial charge in [0.25, 0.3) is 0 Å². The number of hydrogen-bond donors (Lipinski definition) is 4. The molecule has 0 amide bonds. The summed E-state index contributed by atoms with van der Waals surface area (Å²) >= 11 is 0. The normalized spacial score (nSPS) is 15.1. The Morgan fingerprint density at radius 3 is 1.50 bits per heavy atom. The van der Waals surface area contributed by atoms with Gasteiger partial charge in [-0.25, -0.2) is 0 Å². The van der Waals surface area contributed by atoms with Crippen molar-refractivity contribution < 1.29 is 20.4 Å². The first kappa shape index (κ1) is 11.0. The summed E-state index contributed by atoms with van der Waals surface area (Å²) in [6, 6.07) is 0. The maximum absolute atomic E-state index is 9.15. The molecule has 0 aliphatic rings. The number of hydrogen-bond acceptors (Lipinski definition) is 6. The number of aromatic nitrogens is 2. The zero-order chi connectivity index (χ0) is 10.6. The summed E-state index contributed by atoms with van der Waals surface area (Å²) in [6.07, 6.45) is 0.357. The maximum atomic E-state index is 9.15. The van der Waals surface area contributed by atoms with Crippen LogP contribution in [0.1, 0.15) is 23.6 Å². The van der Waals surface area contributed by atoms with Crippen molar-refractivity contribution in [1.29, 1.82) is 0 Å². The highest BCUT2D eigenvalue weighted by Gasteiger charge is 2.11. The van der Waals surface area contributed by atoms with Gasteiger partial charge in [0.2, 0.25) is 0 Å². The first-order valence-electron chi connectivity index (χ1n) is 4.08. The maximum Gasteiger partial charge on any atom is 0.120 e. The molecule has 6 nitrogen and oxygen atoms in total. The van der Waals surface area contributed by atoms with Crippen LogP contribution in [0.15, 0.2) is 12.4 Å². The van der Waals surface area contributed by atoms with Crippen molar-refractivity contribution in [2.24, 2.45) is 0 Å². The largest absolute Gasteiger partial charge is 0.393 e.